The Balaban J connectivity index is 1.52. The minimum atomic E-state index is -0.545. The molecule has 0 bridgehead atoms. The van der Waals surface area contributed by atoms with Crippen LogP contribution in [0.2, 0.25) is 0 Å². The first-order chi connectivity index (χ1) is 16.0. The van der Waals surface area contributed by atoms with Crippen LogP contribution in [0.3, 0.4) is 0 Å². The van der Waals surface area contributed by atoms with Crippen LogP contribution in [0.5, 0.6) is 0 Å². The molecule has 4 aromatic rings. The number of rotatable bonds is 5. The van der Waals surface area contributed by atoms with Gasteiger partial charge in [-0.1, -0.05) is 12.5 Å². The molecule has 168 valence electrons. The second-order valence-corrected chi connectivity index (χ2v) is 8.82. The third kappa shape index (κ3) is 4.20. The highest BCUT2D eigenvalue weighted by Gasteiger charge is 2.20. The zero-order valence-electron chi connectivity index (χ0n) is 18.5. The Labute approximate surface area is 191 Å². The van der Waals surface area contributed by atoms with E-state index in [2.05, 4.69) is 10.4 Å². The van der Waals surface area contributed by atoms with Crippen LogP contribution in [-0.2, 0) is 7.05 Å². The van der Waals surface area contributed by atoms with Gasteiger partial charge in [-0.05, 0) is 55.5 Å². The number of benzene rings is 2. The molecule has 7 nitrogen and oxygen atoms in total. The Morgan fingerprint density at radius 2 is 2.09 bits per heavy atom. The standard InChI is InChI=1S/C25H26FN7/c1-32-23-8-7-21(10-19(23)15-30-32)33-24(17-5-6-18(13-27)22(26)11-17)12-25(31-33)29-14-16-3-2-4-20(28)9-16/h5-8,10-12,15-16,20H,2-4,9,14,28H2,1H3,(H,29,31)/t16?,20-/m0/s1. The van der Waals surface area contributed by atoms with E-state index >= 15 is 0 Å². The molecule has 0 spiro atoms. The largest absolute Gasteiger partial charge is 0.368 e. The van der Waals surface area contributed by atoms with Crippen molar-refractivity contribution < 1.29 is 4.39 Å². The Bertz CT molecular complexity index is 1350. The van der Waals surface area contributed by atoms with Crippen molar-refractivity contribution in [3.05, 3.63) is 60.0 Å². The minimum absolute atomic E-state index is 0.0218. The molecule has 1 saturated carbocycles. The summed E-state index contributed by atoms with van der Waals surface area (Å²) in [5.74, 6) is 0.692. The van der Waals surface area contributed by atoms with Gasteiger partial charge < -0.3 is 11.1 Å². The monoisotopic (exact) mass is 443 g/mol. The number of nitriles is 1. The first-order valence-corrected chi connectivity index (χ1v) is 11.2. The number of nitrogens with zero attached hydrogens (tertiary/aromatic N) is 5. The van der Waals surface area contributed by atoms with Gasteiger partial charge in [-0.15, -0.1) is 5.10 Å². The fourth-order valence-electron chi connectivity index (χ4n) is 4.68. The van der Waals surface area contributed by atoms with Gasteiger partial charge in [0.2, 0.25) is 0 Å². The number of anilines is 1. The summed E-state index contributed by atoms with van der Waals surface area (Å²) in [6.45, 7) is 0.799. The third-order valence-electron chi connectivity index (χ3n) is 6.46. The van der Waals surface area contributed by atoms with Gasteiger partial charge in [-0.2, -0.15) is 10.4 Å². The van der Waals surface area contributed by atoms with E-state index in [0.29, 0.717) is 11.5 Å². The molecule has 33 heavy (non-hydrogen) atoms. The quantitative estimate of drug-likeness (QED) is 0.477. The second-order valence-electron chi connectivity index (χ2n) is 8.82. The molecule has 8 heteroatoms. The number of halogens is 1. The van der Waals surface area contributed by atoms with Crippen LogP contribution in [-0.4, -0.2) is 32.1 Å². The molecular weight excluding hydrogens is 417 g/mol. The summed E-state index contributed by atoms with van der Waals surface area (Å²) in [6.07, 6.45) is 6.24. The Morgan fingerprint density at radius 3 is 2.88 bits per heavy atom. The van der Waals surface area contributed by atoms with Crippen molar-refractivity contribution in [3.63, 3.8) is 0 Å². The summed E-state index contributed by atoms with van der Waals surface area (Å²) in [5.41, 5.74) is 9.43. The molecule has 3 N–H and O–H groups in total. The van der Waals surface area contributed by atoms with Gasteiger partial charge in [0.25, 0.3) is 0 Å². The maximum absolute atomic E-state index is 14.4. The van der Waals surface area contributed by atoms with Gasteiger partial charge >= 0.3 is 0 Å². The third-order valence-corrected chi connectivity index (χ3v) is 6.46. The molecule has 1 unspecified atom stereocenters. The van der Waals surface area contributed by atoms with Crippen molar-refractivity contribution in [1.29, 1.82) is 5.26 Å². The van der Waals surface area contributed by atoms with Crippen LogP contribution < -0.4 is 11.1 Å². The first-order valence-electron chi connectivity index (χ1n) is 11.2. The molecule has 2 heterocycles. The smallest absolute Gasteiger partial charge is 0.149 e. The highest BCUT2D eigenvalue weighted by Crippen LogP contribution is 2.30. The molecule has 0 aliphatic heterocycles. The Kier molecular flexibility index (Phi) is 5.56. The van der Waals surface area contributed by atoms with Crippen molar-refractivity contribution in [3.8, 4) is 23.0 Å². The van der Waals surface area contributed by atoms with E-state index in [1.807, 2.05) is 52.9 Å². The lowest BCUT2D eigenvalue weighted by molar-refractivity contribution is 0.335. The second kappa shape index (κ2) is 8.68. The van der Waals surface area contributed by atoms with Crippen LogP contribution in [0, 0.1) is 23.1 Å². The topological polar surface area (TPSA) is 97.5 Å². The van der Waals surface area contributed by atoms with Gasteiger partial charge in [0.15, 0.2) is 0 Å². The normalized spacial score (nSPS) is 18.4. The summed E-state index contributed by atoms with van der Waals surface area (Å²) in [6, 6.07) is 14.7. The highest BCUT2D eigenvalue weighted by atomic mass is 19.1. The van der Waals surface area contributed by atoms with E-state index in [4.69, 9.17) is 16.1 Å². The van der Waals surface area contributed by atoms with Crippen molar-refractivity contribution in [2.75, 3.05) is 11.9 Å². The summed E-state index contributed by atoms with van der Waals surface area (Å²) in [5, 5.41) is 22.7. The van der Waals surface area contributed by atoms with Crippen molar-refractivity contribution in [2.24, 2.45) is 18.7 Å². The first kappa shape index (κ1) is 21.2. The lowest BCUT2D eigenvalue weighted by Crippen LogP contribution is -2.31. The van der Waals surface area contributed by atoms with Crippen LogP contribution in [0.1, 0.15) is 31.2 Å². The Hall–Kier alpha value is -3.70. The van der Waals surface area contributed by atoms with Crippen molar-refractivity contribution in [2.45, 2.75) is 31.7 Å². The van der Waals surface area contributed by atoms with Gasteiger partial charge in [-0.25, -0.2) is 9.07 Å². The number of hydrogen-bond acceptors (Lipinski definition) is 5. The Morgan fingerprint density at radius 1 is 1.21 bits per heavy atom. The zero-order chi connectivity index (χ0) is 22.9. The molecule has 2 aromatic carbocycles. The summed E-state index contributed by atoms with van der Waals surface area (Å²) in [4.78, 5) is 0. The molecular formula is C25H26FN7. The molecule has 5 rings (SSSR count). The van der Waals surface area contributed by atoms with E-state index in [1.54, 1.807) is 6.07 Å². The number of fused-ring (bicyclic) bond motifs is 1. The summed E-state index contributed by atoms with van der Waals surface area (Å²) < 4.78 is 18.1. The lowest BCUT2D eigenvalue weighted by Gasteiger charge is -2.26. The van der Waals surface area contributed by atoms with Crippen LogP contribution >= 0.6 is 0 Å². The molecule has 1 fully saturated rings. The molecule has 0 saturated heterocycles. The van der Waals surface area contributed by atoms with Gasteiger partial charge in [0.1, 0.15) is 17.7 Å². The average Bonchev–Trinajstić information content (AvgIpc) is 3.41. The van der Waals surface area contributed by atoms with E-state index in [9.17, 15) is 4.39 Å². The summed E-state index contributed by atoms with van der Waals surface area (Å²) in [7, 11) is 1.90. The zero-order valence-corrected chi connectivity index (χ0v) is 18.5. The van der Waals surface area contributed by atoms with E-state index < -0.39 is 5.82 Å². The predicted octanol–water partition coefficient (Wildman–Crippen LogP) is 4.37. The molecule has 2 aromatic heterocycles. The molecule has 0 radical (unpaired) electrons. The van der Waals surface area contributed by atoms with Crippen LogP contribution in [0.25, 0.3) is 27.8 Å². The van der Waals surface area contributed by atoms with Gasteiger partial charge in [-0.3, -0.25) is 4.68 Å². The molecule has 2 atom stereocenters. The summed E-state index contributed by atoms with van der Waals surface area (Å²) >= 11 is 0. The maximum Gasteiger partial charge on any atom is 0.149 e. The maximum atomic E-state index is 14.4. The number of nitrogens with two attached hydrogens (primary N) is 1. The van der Waals surface area contributed by atoms with Gasteiger partial charge in [0, 0.05) is 36.7 Å². The fourth-order valence-corrected chi connectivity index (χ4v) is 4.68. The van der Waals surface area contributed by atoms with Crippen LogP contribution in [0.15, 0.2) is 48.7 Å². The molecule has 1 aliphatic carbocycles. The number of aryl methyl sites for hydroxylation is 1. The fraction of sp³-hybridized carbons (Fsp3) is 0.320. The van der Waals surface area contributed by atoms with E-state index in [-0.39, 0.29) is 11.6 Å². The number of hydrogen-bond donors (Lipinski definition) is 2. The van der Waals surface area contributed by atoms with Gasteiger partial charge in [0.05, 0.1) is 28.7 Å². The minimum Gasteiger partial charge on any atom is -0.368 e. The number of nitrogens with one attached hydrogen (secondary N) is 1. The molecule has 0 amide bonds. The van der Waals surface area contributed by atoms with Crippen molar-refractivity contribution in [1.82, 2.24) is 19.6 Å². The van der Waals surface area contributed by atoms with E-state index in [0.717, 1.165) is 60.3 Å². The predicted molar refractivity (Wildman–Crippen MR) is 126 cm³/mol. The average molecular weight is 444 g/mol. The molecule has 1 aliphatic rings. The lowest BCUT2D eigenvalue weighted by atomic mass is 9.86. The van der Waals surface area contributed by atoms with Crippen molar-refractivity contribution >= 4 is 16.7 Å². The van der Waals surface area contributed by atoms with E-state index in [1.165, 1.54) is 12.1 Å². The van der Waals surface area contributed by atoms with Crippen LogP contribution in [0.4, 0.5) is 10.2 Å². The number of aromatic nitrogens is 4. The SMILES string of the molecule is Cn1ncc2cc(-n3nc(NCC4CCC[C@H](N)C4)cc3-c3ccc(C#N)c(F)c3)ccc21. The highest BCUT2D eigenvalue weighted by molar-refractivity contribution is 5.81.